The van der Waals surface area contributed by atoms with Crippen molar-refractivity contribution < 1.29 is 0 Å². The lowest BCUT2D eigenvalue weighted by Crippen LogP contribution is -2.44. The first-order valence-electron chi connectivity index (χ1n) is 12.8. The van der Waals surface area contributed by atoms with E-state index in [-0.39, 0.29) is 11.6 Å². The minimum Gasteiger partial charge on any atom is -0.351 e. The molecule has 3 aromatic carbocycles. The lowest BCUT2D eigenvalue weighted by atomic mass is 10.0. The van der Waals surface area contributed by atoms with Crippen LogP contribution in [0.5, 0.6) is 0 Å². The summed E-state index contributed by atoms with van der Waals surface area (Å²) in [5.74, 6) is 1.25. The Morgan fingerprint density at radius 3 is 2.62 bits per heavy atom. The minimum atomic E-state index is -0.124. The number of imidazole rings is 1. The lowest BCUT2D eigenvalue weighted by Gasteiger charge is -2.32. The van der Waals surface area contributed by atoms with Crippen LogP contribution in [0.3, 0.4) is 0 Å². The van der Waals surface area contributed by atoms with Crippen molar-refractivity contribution in [3.8, 4) is 0 Å². The summed E-state index contributed by atoms with van der Waals surface area (Å²) in [6.07, 6.45) is 1.99. The summed E-state index contributed by atoms with van der Waals surface area (Å²) in [6.45, 7) is 2.65. The molecule has 37 heavy (non-hydrogen) atoms. The molecule has 1 saturated heterocycles. The number of rotatable bonds is 6. The van der Waals surface area contributed by atoms with Gasteiger partial charge in [-0.3, -0.25) is 13.9 Å². The molecule has 1 aliphatic heterocycles. The molecule has 3 N–H and O–H groups in total. The summed E-state index contributed by atoms with van der Waals surface area (Å²) in [4.78, 5) is 25.7. The molecule has 1 aliphatic rings. The van der Waals surface area contributed by atoms with Gasteiger partial charge in [0, 0.05) is 32.7 Å². The molecule has 0 bridgehead atoms. The average Bonchev–Trinajstić information content (AvgIpc) is 3.29. The van der Waals surface area contributed by atoms with Gasteiger partial charge in [-0.1, -0.05) is 72.8 Å². The fourth-order valence-electron chi connectivity index (χ4n) is 5.27. The lowest BCUT2D eigenvalue weighted by molar-refractivity contribution is 0.495. The van der Waals surface area contributed by atoms with Gasteiger partial charge in [-0.05, 0) is 34.7 Å². The van der Waals surface area contributed by atoms with E-state index in [9.17, 15) is 4.79 Å². The monoisotopic (exact) mass is 493 g/mol. The number of anilines is 2. The summed E-state index contributed by atoms with van der Waals surface area (Å²) < 4.78 is 3.61. The van der Waals surface area contributed by atoms with Crippen LogP contribution in [0.4, 0.5) is 11.9 Å². The van der Waals surface area contributed by atoms with E-state index >= 15 is 0 Å². The summed E-state index contributed by atoms with van der Waals surface area (Å²) in [5, 5.41) is 5.66. The first-order valence-corrected chi connectivity index (χ1v) is 12.8. The summed E-state index contributed by atoms with van der Waals surface area (Å²) in [6, 6.07) is 24.8. The van der Waals surface area contributed by atoms with Gasteiger partial charge in [0.25, 0.3) is 5.56 Å². The summed E-state index contributed by atoms with van der Waals surface area (Å²) >= 11 is 0. The molecule has 0 radical (unpaired) electrons. The number of nitrogens with two attached hydrogens (primary N) is 1. The normalized spacial score (nSPS) is 15.9. The van der Waals surface area contributed by atoms with Crippen molar-refractivity contribution in [2.45, 2.75) is 32.0 Å². The second-order valence-corrected chi connectivity index (χ2v) is 9.80. The van der Waals surface area contributed by atoms with Crippen molar-refractivity contribution in [1.82, 2.24) is 19.1 Å². The van der Waals surface area contributed by atoms with Crippen molar-refractivity contribution in [1.29, 1.82) is 0 Å². The Balaban J connectivity index is 1.47. The zero-order valence-electron chi connectivity index (χ0n) is 21.0. The van der Waals surface area contributed by atoms with Gasteiger partial charge in [-0.15, -0.1) is 0 Å². The quantitative estimate of drug-likeness (QED) is 0.373. The van der Waals surface area contributed by atoms with Gasteiger partial charge in [0.1, 0.15) is 0 Å². The van der Waals surface area contributed by atoms with Crippen LogP contribution in [0.15, 0.2) is 77.6 Å². The van der Waals surface area contributed by atoms with Crippen LogP contribution in [-0.2, 0) is 20.1 Å². The van der Waals surface area contributed by atoms with E-state index in [2.05, 4.69) is 40.5 Å². The maximum absolute atomic E-state index is 13.8. The molecule has 8 nitrogen and oxygen atoms in total. The Morgan fingerprint density at radius 2 is 1.78 bits per heavy atom. The summed E-state index contributed by atoms with van der Waals surface area (Å²) in [5.41, 5.74) is 9.42. The van der Waals surface area contributed by atoms with Crippen LogP contribution in [0.1, 0.15) is 24.0 Å². The standard InChI is InChI=1S/C29H31N7O/c1-34-27(37)25-26(32-28(34)31-17-20-9-3-2-4-10-20)33-29(35-16-8-14-23(30)19-35)36(25)18-22-13-7-12-21-11-5-6-15-24(21)22/h2-7,9-13,15,23H,8,14,16-19,30H2,1H3,(H,31,32). The highest BCUT2D eigenvalue weighted by atomic mass is 16.1. The predicted octanol–water partition coefficient (Wildman–Crippen LogP) is 3.87. The van der Waals surface area contributed by atoms with Crippen LogP contribution in [0.25, 0.3) is 21.9 Å². The fourth-order valence-corrected chi connectivity index (χ4v) is 5.27. The van der Waals surface area contributed by atoms with Crippen molar-refractivity contribution >= 4 is 33.8 Å². The van der Waals surface area contributed by atoms with Crippen LogP contribution in [0.2, 0.25) is 0 Å². The Kier molecular flexibility index (Phi) is 6.10. The Hall–Kier alpha value is -4.17. The molecule has 5 aromatic rings. The Labute approximate surface area is 215 Å². The average molecular weight is 494 g/mol. The highest BCUT2D eigenvalue weighted by molar-refractivity contribution is 5.86. The number of piperidine rings is 1. The molecule has 0 saturated carbocycles. The molecule has 0 amide bonds. The summed E-state index contributed by atoms with van der Waals surface area (Å²) in [7, 11) is 1.76. The Bertz CT molecular complexity index is 1620. The number of benzene rings is 3. The zero-order valence-corrected chi connectivity index (χ0v) is 21.0. The highest BCUT2D eigenvalue weighted by Gasteiger charge is 2.26. The number of nitrogens with zero attached hydrogens (tertiary/aromatic N) is 5. The van der Waals surface area contributed by atoms with E-state index in [4.69, 9.17) is 15.7 Å². The van der Waals surface area contributed by atoms with Crippen molar-refractivity contribution in [2.24, 2.45) is 12.8 Å². The van der Waals surface area contributed by atoms with Gasteiger partial charge in [-0.2, -0.15) is 9.97 Å². The van der Waals surface area contributed by atoms with E-state index in [0.717, 1.165) is 36.5 Å². The molecule has 0 spiro atoms. The molecule has 0 aliphatic carbocycles. The second-order valence-electron chi connectivity index (χ2n) is 9.80. The van der Waals surface area contributed by atoms with E-state index in [1.165, 1.54) is 10.8 Å². The van der Waals surface area contributed by atoms with E-state index in [1.54, 1.807) is 11.6 Å². The molecule has 2 aromatic heterocycles. The number of hydrogen-bond acceptors (Lipinski definition) is 6. The maximum atomic E-state index is 13.8. The van der Waals surface area contributed by atoms with Crippen LogP contribution >= 0.6 is 0 Å². The van der Waals surface area contributed by atoms with Crippen LogP contribution in [0, 0.1) is 0 Å². The molecule has 6 rings (SSSR count). The van der Waals surface area contributed by atoms with Crippen molar-refractivity contribution in [2.75, 3.05) is 23.3 Å². The smallest absolute Gasteiger partial charge is 0.281 e. The topological polar surface area (TPSA) is 94.0 Å². The number of fused-ring (bicyclic) bond motifs is 2. The predicted molar refractivity (Wildman–Crippen MR) is 149 cm³/mol. The Morgan fingerprint density at radius 1 is 1.00 bits per heavy atom. The molecule has 1 unspecified atom stereocenters. The van der Waals surface area contributed by atoms with Gasteiger partial charge in [-0.25, -0.2) is 0 Å². The van der Waals surface area contributed by atoms with Gasteiger partial charge in [0.05, 0.1) is 6.54 Å². The van der Waals surface area contributed by atoms with Gasteiger partial charge >= 0.3 is 0 Å². The molecule has 8 heteroatoms. The minimum absolute atomic E-state index is 0.0819. The first kappa shape index (κ1) is 23.2. The number of nitrogens with one attached hydrogen (secondary N) is 1. The molecule has 1 atom stereocenters. The van der Waals surface area contributed by atoms with Crippen LogP contribution in [-0.4, -0.2) is 38.2 Å². The molecule has 188 valence electrons. The largest absolute Gasteiger partial charge is 0.351 e. The maximum Gasteiger partial charge on any atom is 0.281 e. The highest BCUT2D eigenvalue weighted by Crippen LogP contribution is 2.27. The fraction of sp³-hybridized carbons (Fsp3) is 0.276. The molecule has 3 heterocycles. The molecule has 1 fully saturated rings. The molecular formula is C29H31N7O. The van der Waals surface area contributed by atoms with E-state index in [0.29, 0.717) is 36.7 Å². The van der Waals surface area contributed by atoms with Gasteiger partial charge in [0.15, 0.2) is 11.2 Å². The van der Waals surface area contributed by atoms with Crippen LogP contribution < -0.4 is 21.5 Å². The number of aromatic nitrogens is 4. The van der Waals surface area contributed by atoms with E-state index < -0.39 is 0 Å². The third-order valence-corrected chi connectivity index (χ3v) is 7.21. The first-order chi connectivity index (χ1) is 18.1. The third kappa shape index (κ3) is 4.44. The van der Waals surface area contributed by atoms with Gasteiger partial charge < -0.3 is 16.0 Å². The SMILES string of the molecule is Cn1c(NCc2ccccc2)nc2nc(N3CCCC(N)C3)n(Cc3cccc4ccccc34)c2c1=O. The van der Waals surface area contributed by atoms with Crippen molar-refractivity contribution in [3.05, 3.63) is 94.3 Å². The molecular weight excluding hydrogens is 462 g/mol. The third-order valence-electron chi connectivity index (χ3n) is 7.21. The van der Waals surface area contributed by atoms with Gasteiger partial charge in [0.2, 0.25) is 11.9 Å². The van der Waals surface area contributed by atoms with Crippen molar-refractivity contribution in [3.63, 3.8) is 0 Å². The number of hydrogen-bond donors (Lipinski definition) is 2. The van der Waals surface area contributed by atoms with E-state index in [1.807, 2.05) is 47.0 Å². The zero-order chi connectivity index (χ0) is 25.4. The second kappa shape index (κ2) is 9.71.